The zero-order valence-electron chi connectivity index (χ0n) is 12.6. The third-order valence-electron chi connectivity index (χ3n) is 4.12. The van der Waals surface area contributed by atoms with Gasteiger partial charge in [-0.3, -0.25) is 4.98 Å². The molecule has 0 aliphatic carbocycles. The Hall–Kier alpha value is -2.88. The van der Waals surface area contributed by atoms with E-state index in [1.54, 1.807) is 12.4 Å². The van der Waals surface area contributed by atoms with E-state index >= 15 is 0 Å². The fourth-order valence-corrected chi connectivity index (χ4v) is 3.02. The Morgan fingerprint density at radius 2 is 1.78 bits per heavy atom. The van der Waals surface area contributed by atoms with Gasteiger partial charge in [-0.2, -0.15) is 0 Å². The summed E-state index contributed by atoms with van der Waals surface area (Å²) in [5.74, 6) is -0.400. The van der Waals surface area contributed by atoms with E-state index in [1.807, 2.05) is 30.3 Å². The molecule has 0 bridgehead atoms. The molecule has 23 heavy (non-hydrogen) atoms. The molecule has 3 nitrogen and oxygen atoms in total. The third kappa shape index (κ3) is 2.14. The minimum absolute atomic E-state index is 0.302. The van der Waals surface area contributed by atoms with Crippen molar-refractivity contribution in [1.29, 1.82) is 0 Å². The van der Waals surface area contributed by atoms with E-state index in [9.17, 15) is 4.39 Å². The van der Waals surface area contributed by atoms with Crippen LogP contribution in [0.25, 0.3) is 32.9 Å². The van der Waals surface area contributed by atoms with Gasteiger partial charge in [0, 0.05) is 23.3 Å². The lowest BCUT2D eigenvalue weighted by Crippen LogP contribution is -1.96. The summed E-state index contributed by atoms with van der Waals surface area (Å²) in [5, 5.41) is 2.74. The van der Waals surface area contributed by atoms with Gasteiger partial charge in [-0.15, -0.1) is 0 Å². The monoisotopic (exact) mass is 303 g/mol. The Bertz CT molecular complexity index is 1020. The molecule has 2 aromatic carbocycles. The summed E-state index contributed by atoms with van der Waals surface area (Å²) in [6.45, 7) is 2.10. The molecule has 4 heteroatoms. The van der Waals surface area contributed by atoms with Gasteiger partial charge in [-0.05, 0) is 22.8 Å². The van der Waals surface area contributed by atoms with Crippen molar-refractivity contribution in [1.82, 2.24) is 15.0 Å². The predicted octanol–water partition coefficient (Wildman–Crippen LogP) is 4.55. The van der Waals surface area contributed by atoms with Crippen molar-refractivity contribution in [3.63, 3.8) is 0 Å². The van der Waals surface area contributed by atoms with Gasteiger partial charge < -0.3 is 0 Å². The van der Waals surface area contributed by atoms with E-state index in [2.05, 4.69) is 27.9 Å². The number of hydrogen-bond donors (Lipinski definition) is 0. The second kappa shape index (κ2) is 5.39. The molecule has 112 valence electrons. The van der Waals surface area contributed by atoms with Crippen LogP contribution in [0.5, 0.6) is 0 Å². The molecule has 0 atom stereocenters. The van der Waals surface area contributed by atoms with Crippen LogP contribution in [-0.4, -0.2) is 15.0 Å². The smallest absolute Gasteiger partial charge is 0.175 e. The molecule has 2 heterocycles. The van der Waals surface area contributed by atoms with Crippen LogP contribution in [0.1, 0.15) is 12.5 Å². The number of hydrogen-bond acceptors (Lipinski definition) is 3. The fourth-order valence-electron chi connectivity index (χ4n) is 3.02. The van der Waals surface area contributed by atoms with E-state index in [4.69, 9.17) is 0 Å². The van der Waals surface area contributed by atoms with Gasteiger partial charge in [0.25, 0.3) is 0 Å². The summed E-state index contributed by atoms with van der Waals surface area (Å²) in [6.07, 6.45) is 5.44. The van der Waals surface area contributed by atoms with Gasteiger partial charge in [-0.25, -0.2) is 14.4 Å². The molecule has 0 radical (unpaired) electrons. The normalized spacial score (nSPS) is 11.2. The Morgan fingerprint density at radius 3 is 2.61 bits per heavy atom. The second-order valence-corrected chi connectivity index (χ2v) is 5.42. The van der Waals surface area contributed by atoms with E-state index in [-0.39, 0.29) is 0 Å². The minimum atomic E-state index is -0.400. The van der Waals surface area contributed by atoms with Gasteiger partial charge >= 0.3 is 0 Å². The van der Waals surface area contributed by atoms with Crippen LogP contribution in [0.15, 0.2) is 55.1 Å². The Labute approximate surface area is 132 Å². The third-order valence-corrected chi connectivity index (χ3v) is 4.12. The molecule has 0 amide bonds. The Morgan fingerprint density at radius 1 is 0.957 bits per heavy atom. The molecule has 0 aliphatic rings. The van der Waals surface area contributed by atoms with Crippen LogP contribution in [0.4, 0.5) is 4.39 Å². The summed E-state index contributed by atoms with van der Waals surface area (Å²) in [5.41, 5.74) is 2.62. The maximum Gasteiger partial charge on any atom is 0.175 e. The van der Waals surface area contributed by atoms with Crippen molar-refractivity contribution in [2.24, 2.45) is 0 Å². The maximum absolute atomic E-state index is 15.0. The van der Waals surface area contributed by atoms with Crippen molar-refractivity contribution in [3.8, 4) is 11.3 Å². The average Bonchev–Trinajstić information content (AvgIpc) is 2.61. The van der Waals surface area contributed by atoms with Gasteiger partial charge in [0.05, 0.1) is 0 Å². The lowest BCUT2D eigenvalue weighted by atomic mass is 9.95. The van der Waals surface area contributed by atoms with E-state index in [0.717, 1.165) is 22.8 Å². The zero-order valence-corrected chi connectivity index (χ0v) is 12.6. The summed E-state index contributed by atoms with van der Waals surface area (Å²) >= 11 is 0. The minimum Gasteiger partial charge on any atom is -0.252 e. The summed E-state index contributed by atoms with van der Waals surface area (Å²) < 4.78 is 15.0. The first-order valence-electron chi connectivity index (χ1n) is 7.55. The first-order chi connectivity index (χ1) is 11.3. The molecule has 0 unspecified atom stereocenters. The van der Waals surface area contributed by atoms with Gasteiger partial charge in [-0.1, -0.05) is 43.3 Å². The first kappa shape index (κ1) is 13.8. The molecule has 0 saturated heterocycles. The number of nitrogens with zero attached hydrogens (tertiary/aromatic N) is 3. The number of rotatable bonds is 2. The number of benzene rings is 2. The van der Waals surface area contributed by atoms with Crippen LogP contribution in [-0.2, 0) is 6.42 Å². The van der Waals surface area contributed by atoms with Crippen LogP contribution in [0, 0.1) is 5.82 Å². The SMILES string of the molecule is CCc1cccc2cccc(-c3ncc4cncnc4c3F)c12. The second-order valence-electron chi connectivity index (χ2n) is 5.42. The number of halogens is 1. The summed E-state index contributed by atoms with van der Waals surface area (Å²) in [6, 6.07) is 12.0. The predicted molar refractivity (Wildman–Crippen MR) is 89.6 cm³/mol. The molecule has 0 saturated carbocycles. The van der Waals surface area contributed by atoms with E-state index in [1.165, 1.54) is 11.9 Å². The van der Waals surface area contributed by atoms with Gasteiger partial charge in [0.2, 0.25) is 0 Å². The lowest BCUT2D eigenvalue weighted by molar-refractivity contribution is 0.635. The molecular weight excluding hydrogens is 289 g/mol. The Balaban J connectivity index is 2.09. The average molecular weight is 303 g/mol. The molecule has 4 rings (SSSR count). The number of pyridine rings is 1. The quantitative estimate of drug-likeness (QED) is 0.545. The summed E-state index contributed by atoms with van der Waals surface area (Å²) in [4.78, 5) is 12.3. The highest BCUT2D eigenvalue weighted by Gasteiger charge is 2.15. The van der Waals surface area contributed by atoms with Crippen molar-refractivity contribution >= 4 is 21.7 Å². The van der Waals surface area contributed by atoms with E-state index < -0.39 is 5.82 Å². The standard InChI is InChI=1S/C19H14FN3/c1-2-12-5-3-6-13-7-4-8-15(16(12)13)19-17(20)18-14(10-22-19)9-21-11-23-18/h3-11H,2H2,1H3. The van der Waals surface area contributed by atoms with Gasteiger partial charge in [0.1, 0.15) is 17.5 Å². The van der Waals surface area contributed by atoms with Crippen molar-refractivity contribution < 1.29 is 4.39 Å². The van der Waals surface area contributed by atoms with Crippen molar-refractivity contribution in [2.75, 3.05) is 0 Å². The number of aryl methyl sites for hydroxylation is 1. The highest BCUT2D eigenvalue weighted by molar-refractivity contribution is 5.99. The highest BCUT2D eigenvalue weighted by Crippen LogP contribution is 2.33. The molecule has 4 aromatic rings. The molecule has 0 aliphatic heterocycles. The fraction of sp³-hybridized carbons (Fsp3) is 0.105. The topological polar surface area (TPSA) is 38.7 Å². The largest absolute Gasteiger partial charge is 0.252 e. The zero-order chi connectivity index (χ0) is 15.8. The first-order valence-corrected chi connectivity index (χ1v) is 7.55. The van der Waals surface area contributed by atoms with Crippen LogP contribution in [0.2, 0.25) is 0 Å². The Kier molecular flexibility index (Phi) is 3.23. The van der Waals surface area contributed by atoms with Gasteiger partial charge in [0.15, 0.2) is 5.82 Å². The highest BCUT2D eigenvalue weighted by atomic mass is 19.1. The van der Waals surface area contributed by atoms with Crippen molar-refractivity contribution in [2.45, 2.75) is 13.3 Å². The van der Waals surface area contributed by atoms with Crippen LogP contribution >= 0.6 is 0 Å². The number of fused-ring (bicyclic) bond motifs is 2. The maximum atomic E-state index is 15.0. The molecule has 0 spiro atoms. The summed E-state index contributed by atoms with van der Waals surface area (Å²) in [7, 11) is 0. The lowest BCUT2D eigenvalue weighted by Gasteiger charge is -2.11. The molecular formula is C19H14FN3. The number of aromatic nitrogens is 3. The molecule has 0 N–H and O–H groups in total. The van der Waals surface area contributed by atoms with Crippen LogP contribution in [0.3, 0.4) is 0 Å². The van der Waals surface area contributed by atoms with Crippen LogP contribution < -0.4 is 0 Å². The van der Waals surface area contributed by atoms with Crippen molar-refractivity contribution in [3.05, 3.63) is 66.5 Å². The molecule has 2 aromatic heterocycles. The molecule has 0 fully saturated rings. The van der Waals surface area contributed by atoms with E-state index in [0.29, 0.717) is 16.6 Å².